The van der Waals surface area contributed by atoms with Gasteiger partial charge in [-0.1, -0.05) is 42.0 Å². The number of carbonyl (C=O) groups is 2. The summed E-state index contributed by atoms with van der Waals surface area (Å²) < 4.78 is 2.19. The molecule has 0 fully saturated rings. The van der Waals surface area contributed by atoms with Crippen LogP contribution in [-0.4, -0.2) is 27.8 Å². The molecule has 1 N–H and O–H groups in total. The van der Waals surface area contributed by atoms with E-state index in [4.69, 9.17) is 0 Å². The summed E-state index contributed by atoms with van der Waals surface area (Å²) in [6.07, 6.45) is 1.88. The Hall–Kier alpha value is -3.34. The molecule has 5 nitrogen and oxygen atoms in total. The third kappa shape index (κ3) is 3.94. The Balaban J connectivity index is 1.55. The van der Waals surface area contributed by atoms with Gasteiger partial charge in [0.25, 0.3) is 0 Å². The van der Waals surface area contributed by atoms with E-state index in [1.54, 1.807) is 0 Å². The summed E-state index contributed by atoms with van der Waals surface area (Å²) in [7, 11) is 0. The van der Waals surface area contributed by atoms with Gasteiger partial charge >= 0.3 is 0 Å². The molecule has 0 unspecified atom stereocenters. The third-order valence-corrected chi connectivity index (χ3v) is 5.49. The van der Waals surface area contributed by atoms with Crippen LogP contribution in [0.2, 0.25) is 0 Å². The highest BCUT2D eigenvalue weighted by molar-refractivity contribution is 6.03. The van der Waals surface area contributed by atoms with E-state index in [1.807, 2.05) is 60.5 Å². The predicted molar refractivity (Wildman–Crippen MR) is 114 cm³/mol. The van der Waals surface area contributed by atoms with Gasteiger partial charge in [-0.3, -0.25) is 9.59 Å². The molecule has 0 radical (unpaired) electrons. The minimum Gasteiger partial charge on any atom is -0.348 e. The second kappa shape index (κ2) is 7.95. The number of nitrogens with one attached hydrogen (secondary N) is 1. The Kier molecular flexibility index (Phi) is 5.21. The summed E-state index contributed by atoms with van der Waals surface area (Å²) in [4.78, 5) is 27.5. The molecule has 0 spiro atoms. The van der Waals surface area contributed by atoms with E-state index >= 15 is 0 Å². The number of rotatable bonds is 4. The summed E-state index contributed by atoms with van der Waals surface area (Å²) in [5, 5.41) is 2.83. The number of carbonyl (C=O) groups excluding carboxylic acids is 2. The van der Waals surface area contributed by atoms with Crippen LogP contribution in [0.15, 0.2) is 66.9 Å². The lowest BCUT2D eigenvalue weighted by Crippen LogP contribution is -2.43. The summed E-state index contributed by atoms with van der Waals surface area (Å²) >= 11 is 0. The summed E-state index contributed by atoms with van der Waals surface area (Å²) in [6.45, 7) is 5.37. The topological polar surface area (TPSA) is 54.3 Å². The van der Waals surface area contributed by atoms with E-state index in [2.05, 4.69) is 35.0 Å². The number of hydrogen-bond donors (Lipinski definition) is 1. The second-order valence-corrected chi connectivity index (χ2v) is 7.56. The van der Waals surface area contributed by atoms with Gasteiger partial charge in [-0.2, -0.15) is 0 Å². The third-order valence-electron chi connectivity index (χ3n) is 5.49. The average Bonchev–Trinajstić information content (AvgIpc) is 3.18. The highest BCUT2D eigenvalue weighted by Gasteiger charge is 2.33. The quantitative estimate of drug-likeness (QED) is 0.686. The Labute approximate surface area is 171 Å². The van der Waals surface area contributed by atoms with Crippen molar-refractivity contribution in [3.8, 4) is 0 Å². The molecule has 0 saturated carbocycles. The number of hydrogen-bond acceptors (Lipinski definition) is 2. The Bertz CT molecular complexity index is 1040. The normalized spacial score (nSPS) is 15.7. The zero-order valence-corrected chi connectivity index (χ0v) is 16.8. The molecule has 1 aromatic heterocycles. The minimum atomic E-state index is -0.289. The number of fused-ring (bicyclic) bond motifs is 1. The molecular weight excluding hydrogens is 362 g/mol. The fourth-order valence-corrected chi connectivity index (χ4v) is 3.95. The number of benzene rings is 2. The van der Waals surface area contributed by atoms with Gasteiger partial charge in [0, 0.05) is 30.7 Å². The first-order valence-electron chi connectivity index (χ1n) is 9.89. The first-order valence-corrected chi connectivity index (χ1v) is 9.89. The SMILES string of the molecule is Cc1ccc(NC(=O)CC(=O)N2CCn3cccc3[C@H]2c2ccccc2C)cc1. The molecule has 0 aliphatic carbocycles. The maximum absolute atomic E-state index is 13.1. The van der Waals surface area contributed by atoms with Crippen LogP contribution < -0.4 is 5.32 Å². The van der Waals surface area contributed by atoms with Crippen molar-refractivity contribution in [2.75, 3.05) is 11.9 Å². The molecular formula is C24H25N3O2. The first kappa shape index (κ1) is 19.0. The van der Waals surface area contributed by atoms with Crippen molar-refractivity contribution in [3.63, 3.8) is 0 Å². The lowest BCUT2D eigenvalue weighted by atomic mass is 9.95. The Morgan fingerprint density at radius 1 is 0.966 bits per heavy atom. The van der Waals surface area contributed by atoms with E-state index in [0.717, 1.165) is 28.9 Å². The highest BCUT2D eigenvalue weighted by atomic mass is 16.2. The van der Waals surface area contributed by atoms with Crippen LogP contribution in [0, 0.1) is 13.8 Å². The lowest BCUT2D eigenvalue weighted by Gasteiger charge is -2.38. The van der Waals surface area contributed by atoms with Crippen molar-refractivity contribution in [1.29, 1.82) is 0 Å². The van der Waals surface area contributed by atoms with Crippen LogP contribution in [-0.2, 0) is 16.1 Å². The molecule has 0 saturated heterocycles. The van der Waals surface area contributed by atoms with E-state index in [0.29, 0.717) is 12.2 Å². The number of anilines is 1. The van der Waals surface area contributed by atoms with Gasteiger partial charge in [-0.15, -0.1) is 0 Å². The smallest absolute Gasteiger partial charge is 0.233 e. The number of nitrogens with zero attached hydrogens (tertiary/aromatic N) is 2. The summed E-state index contributed by atoms with van der Waals surface area (Å²) in [5.74, 6) is -0.446. The maximum Gasteiger partial charge on any atom is 0.233 e. The van der Waals surface area contributed by atoms with Gasteiger partial charge in [0.05, 0.1) is 6.04 Å². The van der Waals surface area contributed by atoms with Crippen LogP contribution in [0.1, 0.15) is 34.8 Å². The number of aryl methyl sites for hydroxylation is 2. The second-order valence-electron chi connectivity index (χ2n) is 7.56. The highest BCUT2D eigenvalue weighted by Crippen LogP contribution is 2.34. The van der Waals surface area contributed by atoms with Crippen LogP contribution in [0.5, 0.6) is 0 Å². The van der Waals surface area contributed by atoms with Crippen molar-refractivity contribution >= 4 is 17.5 Å². The monoisotopic (exact) mass is 387 g/mol. The van der Waals surface area contributed by atoms with Crippen LogP contribution in [0.4, 0.5) is 5.69 Å². The van der Waals surface area contributed by atoms with Gasteiger partial charge in [-0.05, 0) is 49.2 Å². The molecule has 1 aliphatic heterocycles. The van der Waals surface area contributed by atoms with Crippen molar-refractivity contribution in [3.05, 3.63) is 89.2 Å². The van der Waals surface area contributed by atoms with Crippen LogP contribution in [0.3, 0.4) is 0 Å². The predicted octanol–water partition coefficient (Wildman–Crippen LogP) is 4.07. The Morgan fingerprint density at radius 3 is 2.48 bits per heavy atom. The van der Waals surface area contributed by atoms with Gasteiger partial charge in [0.15, 0.2) is 0 Å². The molecule has 1 atom stereocenters. The van der Waals surface area contributed by atoms with Crippen molar-refractivity contribution in [2.45, 2.75) is 32.9 Å². The molecule has 0 bridgehead atoms. The number of aromatic nitrogens is 1. The molecule has 148 valence electrons. The average molecular weight is 387 g/mol. The van der Waals surface area contributed by atoms with Gasteiger partial charge in [-0.25, -0.2) is 0 Å². The summed E-state index contributed by atoms with van der Waals surface area (Å²) in [6, 6.07) is 19.6. The Morgan fingerprint density at radius 2 is 1.72 bits per heavy atom. The van der Waals surface area contributed by atoms with E-state index in [9.17, 15) is 9.59 Å². The molecule has 2 aromatic carbocycles. The molecule has 4 rings (SSSR count). The lowest BCUT2D eigenvalue weighted by molar-refractivity contribution is -0.136. The van der Waals surface area contributed by atoms with Crippen LogP contribution >= 0.6 is 0 Å². The molecule has 2 amide bonds. The molecule has 1 aliphatic rings. The van der Waals surface area contributed by atoms with E-state index in [1.165, 1.54) is 0 Å². The van der Waals surface area contributed by atoms with Gasteiger partial charge in [0.1, 0.15) is 6.42 Å². The standard InChI is InChI=1S/C24H25N3O2/c1-17-9-11-19(12-10-17)25-22(28)16-23(29)27-15-14-26-13-5-8-21(26)24(27)20-7-4-3-6-18(20)2/h3-13,24H,14-16H2,1-2H3,(H,25,28)/t24-/m1/s1. The van der Waals surface area contributed by atoms with Crippen molar-refractivity contribution in [1.82, 2.24) is 9.47 Å². The molecule has 5 heteroatoms. The van der Waals surface area contributed by atoms with Crippen molar-refractivity contribution in [2.24, 2.45) is 0 Å². The maximum atomic E-state index is 13.1. The zero-order valence-electron chi connectivity index (χ0n) is 16.8. The van der Waals surface area contributed by atoms with Gasteiger partial charge in [0.2, 0.25) is 11.8 Å². The molecule has 3 aromatic rings. The largest absolute Gasteiger partial charge is 0.348 e. The minimum absolute atomic E-state index is 0.157. The summed E-state index contributed by atoms with van der Waals surface area (Å²) in [5.41, 5.74) is 5.14. The molecule has 29 heavy (non-hydrogen) atoms. The fraction of sp³-hybridized carbons (Fsp3) is 0.250. The molecule has 2 heterocycles. The van der Waals surface area contributed by atoms with Crippen molar-refractivity contribution < 1.29 is 9.59 Å². The first-order chi connectivity index (χ1) is 14.0. The van der Waals surface area contributed by atoms with Gasteiger partial charge < -0.3 is 14.8 Å². The van der Waals surface area contributed by atoms with Crippen LogP contribution in [0.25, 0.3) is 0 Å². The fourth-order valence-electron chi connectivity index (χ4n) is 3.95. The number of amides is 2. The van der Waals surface area contributed by atoms with E-state index in [-0.39, 0.29) is 24.3 Å². The zero-order chi connectivity index (χ0) is 20.4. The van der Waals surface area contributed by atoms with E-state index < -0.39 is 0 Å².